The minimum Gasteiger partial charge on any atom is -0.336 e. The van der Waals surface area contributed by atoms with E-state index in [2.05, 4.69) is 4.98 Å². The summed E-state index contributed by atoms with van der Waals surface area (Å²) in [4.78, 5) is 17.0. The van der Waals surface area contributed by atoms with Gasteiger partial charge in [-0.15, -0.1) is 22.9 Å². The molecule has 13 heavy (non-hydrogen) atoms. The molecule has 0 bridgehead atoms. The average molecular weight is 219 g/mol. The van der Waals surface area contributed by atoms with E-state index in [1.807, 2.05) is 12.3 Å². The van der Waals surface area contributed by atoms with Crippen molar-refractivity contribution in [3.05, 3.63) is 16.6 Å². The van der Waals surface area contributed by atoms with Crippen LogP contribution in [0.3, 0.4) is 0 Å². The van der Waals surface area contributed by atoms with Crippen LogP contribution >= 0.6 is 22.9 Å². The zero-order chi connectivity index (χ0) is 9.84. The third kappa shape index (κ3) is 2.42. The standard InChI is InChI=1S/C8H11ClN2OS/c1-6(8-10-3-4-13-8)11(2)7(12)5-9/h3-4,6H,5H2,1-2H3. The summed E-state index contributed by atoms with van der Waals surface area (Å²) < 4.78 is 0. The number of hydrogen-bond donors (Lipinski definition) is 0. The van der Waals surface area contributed by atoms with Crippen LogP contribution in [0.5, 0.6) is 0 Å². The number of carbonyl (C=O) groups excluding carboxylic acids is 1. The number of carbonyl (C=O) groups is 1. The van der Waals surface area contributed by atoms with E-state index in [1.165, 1.54) is 11.3 Å². The van der Waals surface area contributed by atoms with E-state index in [1.54, 1.807) is 18.1 Å². The van der Waals surface area contributed by atoms with Gasteiger partial charge in [0, 0.05) is 18.6 Å². The normalized spacial score (nSPS) is 12.5. The number of hydrogen-bond acceptors (Lipinski definition) is 3. The van der Waals surface area contributed by atoms with Crippen LogP contribution in [0.4, 0.5) is 0 Å². The second kappa shape index (κ2) is 4.58. The van der Waals surface area contributed by atoms with Crippen molar-refractivity contribution in [1.82, 2.24) is 9.88 Å². The molecule has 1 atom stereocenters. The number of amides is 1. The Morgan fingerprint density at radius 1 is 1.85 bits per heavy atom. The minimum atomic E-state index is -0.0793. The Balaban J connectivity index is 2.68. The maximum atomic E-state index is 11.2. The number of halogens is 1. The molecule has 1 unspecified atom stereocenters. The highest BCUT2D eigenvalue weighted by Gasteiger charge is 2.17. The zero-order valence-corrected chi connectivity index (χ0v) is 9.10. The fraction of sp³-hybridized carbons (Fsp3) is 0.500. The van der Waals surface area contributed by atoms with E-state index in [4.69, 9.17) is 11.6 Å². The first-order valence-corrected chi connectivity index (χ1v) is 5.29. The largest absolute Gasteiger partial charge is 0.336 e. The Bertz CT molecular complexity index is 276. The second-order valence-corrected chi connectivity index (χ2v) is 3.88. The third-order valence-electron chi connectivity index (χ3n) is 1.90. The summed E-state index contributed by atoms with van der Waals surface area (Å²) >= 11 is 6.98. The number of aromatic nitrogens is 1. The smallest absolute Gasteiger partial charge is 0.237 e. The third-order valence-corrected chi connectivity index (χ3v) is 3.07. The van der Waals surface area contributed by atoms with Crippen molar-refractivity contribution in [2.75, 3.05) is 12.9 Å². The first kappa shape index (κ1) is 10.5. The lowest BCUT2D eigenvalue weighted by Crippen LogP contribution is -2.30. The summed E-state index contributed by atoms with van der Waals surface area (Å²) in [6, 6.07) is 0.00579. The molecule has 0 aliphatic rings. The van der Waals surface area contributed by atoms with Crippen LogP contribution in [-0.4, -0.2) is 28.7 Å². The number of alkyl halides is 1. The van der Waals surface area contributed by atoms with Crippen LogP contribution in [0.15, 0.2) is 11.6 Å². The summed E-state index contributed by atoms with van der Waals surface area (Å²) in [5.41, 5.74) is 0. The van der Waals surface area contributed by atoms with E-state index < -0.39 is 0 Å². The average Bonchev–Trinajstić information content (AvgIpc) is 2.67. The fourth-order valence-electron chi connectivity index (χ4n) is 0.917. The molecule has 1 heterocycles. The van der Waals surface area contributed by atoms with Crippen LogP contribution in [0, 0.1) is 0 Å². The molecule has 0 fully saturated rings. The molecular weight excluding hydrogens is 208 g/mol. The molecule has 1 amide bonds. The van der Waals surface area contributed by atoms with Gasteiger partial charge < -0.3 is 4.90 Å². The molecule has 1 aromatic rings. The molecule has 72 valence electrons. The summed E-state index contributed by atoms with van der Waals surface area (Å²) in [7, 11) is 1.73. The SMILES string of the molecule is CC(c1nccs1)N(C)C(=O)CCl. The molecule has 0 radical (unpaired) electrons. The predicted molar refractivity (Wildman–Crippen MR) is 54.0 cm³/mol. The molecule has 0 saturated heterocycles. The molecule has 0 N–H and O–H groups in total. The van der Waals surface area contributed by atoms with Gasteiger partial charge in [0.05, 0.1) is 6.04 Å². The summed E-state index contributed by atoms with van der Waals surface area (Å²) in [6.07, 6.45) is 1.73. The van der Waals surface area contributed by atoms with Gasteiger partial charge in [-0.05, 0) is 6.92 Å². The molecule has 0 aliphatic carbocycles. The number of nitrogens with zero attached hydrogens (tertiary/aromatic N) is 2. The molecule has 5 heteroatoms. The van der Waals surface area contributed by atoms with Gasteiger partial charge in [0.25, 0.3) is 0 Å². The van der Waals surface area contributed by atoms with Gasteiger partial charge in [-0.1, -0.05) is 0 Å². The highest BCUT2D eigenvalue weighted by molar-refractivity contribution is 7.09. The maximum Gasteiger partial charge on any atom is 0.237 e. The Labute approximate surface area is 86.3 Å². The van der Waals surface area contributed by atoms with E-state index in [9.17, 15) is 4.79 Å². The molecule has 0 saturated carbocycles. The van der Waals surface area contributed by atoms with Crippen LogP contribution in [-0.2, 0) is 4.79 Å². The summed E-state index contributed by atoms with van der Waals surface area (Å²) in [5, 5.41) is 2.83. The number of thiazole rings is 1. The lowest BCUT2D eigenvalue weighted by atomic mass is 10.3. The Hall–Kier alpha value is -0.610. The molecule has 1 aromatic heterocycles. The molecule has 1 rings (SSSR count). The van der Waals surface area contributed by atoms with Crippen molar-refractivity contribution in [2.45, 2.75) is 13.0 Å². The first-order valence-electron chi connectivity index (χ1n) is 3.87. The maximum absolute atomic E-state index is 11.2. The van der Waals surface area contributed by atoms with Crippen LogP contribution in [0.1, 0.15) is 18.0 Å². The Morgan fingerprint density at radius 3 is 3.00 bits per heavy atom. The van der Waals surface area contributed by atoms with Crippen LogP contribution in [0.25, 0.3) is 0 Å². The predicted octanol–water partition coefficient (Wildman–Crippen LogP) is 1.90. The van der Waals surface area contributed by atoms with Gasteiger partial charge >= 0.3 is 0 Å². The molecular formula is C8H11ClN2OS. The van der Waals surface area contributed by atoms with Crippen molar-refractivity contribution in [1.29, 1.82) is 0 Å². The van der Waals surface area contributed by atoms with E-state index >= 15 is 0 Å². The van der Waals surface area contributed by atoms with Crippen molar-refractivity contribution in [3.8, 4) is 0 Å². The van der Waals surface area contributed by atoms with Crippen LogP contribution < -0.4 is 0 Å². The minimum absolute atomic E-state index is 0.00579. The van der Waals surface area contributed by atoms with Crippen LogP contribution in [0.2, 0.25) is 0 Å². The summed E-state index contributed by atoms with van der Waals surface area (Å²) in [6.45, 7) is 1.93. The highest BCUT2D eigenvalue weighted by Crippen LogP contribution is 2.20. The van der Waals surface area contributed by atoms with Gasteiger partial charge in [0.2, 0.25) is 5.91 Å². The highest BCUT2D eigenvalue weighted by atomic mass is 35.5. The molecule has 0 aromatic carbocycles. The number of rotatable bonds is 3. The lowest BCUT2D eigenvalue weighted by Gasteiger charge is -2.21. The van der Waals surface area contributed by atoms with Gasteiger partial charge in [0.15, 0.2) is 0 Å². The quantitative estimate of drug-likeness (QED) is 0.727. The zero-order valence-electron chi connectivity index (χ0n) is 7.53. The Morgan fingerprint density at radius 2 is 2.54 bits per heavy atom. The lowest BCUT2D eigenvalue weighted by molar-refractivity contribution is -0.129. The van der Waals surface area contributed by atoms with Gasteiger partial charge in [0.1, 0.15) is 10.9 Å². The van der Waals surface area contributed by atoms with E-state index in [-0.39, 0.29) is 17.8 Å². The summed E-state index contributed by atoms with van der Waals surface area (Å²) in [5.74, 6) is -0.0592. The van der Waals surface area contributed by atoms with Gasteiger partial charge in [-0.3, -0.25) is 4.79 Å². The van der Waals surface area contributed by atoms with Crippen molar-refractivity contribution in [2.24, 2.45) is 0 Å². The topological polar surface area (TPSA) is 33.2 Å². The monoisotopic (exact) mass is 218 g/mol. The molecule has 3 nitrogen and oxygen atoms in total. The van der Waals surface area contributed by atoms with Crippen molar-refractivity contribution in [3.63, 3.8) is 0 Å². The second-order valence-electron chi connectivity index (χ2n) is 2.68. The molecule has 0 spiro atoms. The fourth-order valence-corrected chi connectivity index (χ4v) is 1.84. The molecule has 0 aliphatic heterocycles. The first-order chi connectivity index (χ1) is 6.16. The Kier molecular flexibility index (Phi) is 3.69. The van der Waals surface area contributed by atoms with Gasteiger partial charge in [-0.2, -0.15) is 0 Å². The van der Waals surface area contributed by atoms with Crippen molar-refractivity contribution >= 4 is 28.8 Å². The van der Waals surface area contributed by atoms with E-state index in [0.717, 1.165) is 5.01 Å². The van der Waals surface area contributed by atoms with E-state index in [0.29, 0.717) is 0 Å². The van der Waals surface area contributed by atoms with Gasteiger partial charge in [-0.25, -0.2) is 4.98 Å². The van der Waals surface area contributed by atoms with Crippen molar-refractivity contribution < 1.29 is 4.79 Å².